The number of ether oxygens (including phenoxy) is 2. The Kier molecular flexibility index (Phi) is 4.74. The largest absolute Gasteiger partial charge is 0.508 e. The van der Waals surface area contributed by atoms with Gasteiger partial charge in [0.15, 0.2) is 11.5 Å². The van der Waals surface area contributed by atoms with E-state index in [9.17, 15) is 9.90 Å². The molecule has 7 nitrogen and oxygen atoms in total. The number of phenols is 1. The fraction of sp³-hybridized carbons (Fsp3) is 0.222. The Bertz CT molecular complexity index is 802. The Morgan fingerprint density at radius 3 is 2.52 bits per heavy atom. The van der Waals surface area contributed by atoms with Crippen LogP contribution in [0.3, 0.4) is 0 Å². The van der Waals surface area contributed by atoms with E-state index in [1.165, 1.54) is 12.1 Å². The smallest absolute Gasteiger partial charge is 0.342 e. The summed E-state index contributed by atoms with van der Waals surface area (Å²) in [5.41, 5.74) is 2.29. The highest BCUT2D eigenvalue weighted by atomic mass is 16.5. The molecule has 0 saturated carbocycles. The number of phenolic OH excluding ortho intramolecular Hbond substituents is 1. The Labute approximate surface area is 145 Å². The second-order valence-corrected chi connectivity index (χ2v) is 5.47. The quantitative estimate of drug-likeness (QED) is 0.895. The molecule has 0 aromatic heterocycles. The molecule has 3 rings (SSSR count). The number of carbonyl (C=O) groups excluding carboxylic acids is 1. The molecule has 130 valence electrons. The van der Waals surface area contributed by atoms with Crippen LogP contribution in [0.2, 0.25) is 0 Å². The van der Waals surface area contributed by atoms with E-state index in [0.29, 0.717) is 30.2 Å². The summed E-state index contributed by atoms with van der Waals surface area (Å²) in [5, 5.41) is 17.9. The van der Waals surface area contributed by atoms with Crippen LogP contribution >= 0.6 is 0 Å². The van der Waals surface area contributed by atoms with Crippen LogP contribution in [-0.2, 0) is 0 Å². The zero-order chi connectivity index (χ0) is 17.8. The van der Waals surface area contributed by atoms with E-state index in [-0.39, 0.29) is 11.8 Å². The minimum absolute atomic E-state index is 0.199. The number of nitrogens with one attached hydrogen (secondary N) is 1. The number of carbonyl (C=O) groups is 1. The molecule has 1 heterocycles. The summed E-state index contributed by atoms with van der Waals surface area (Å²) < 4.78 is 10.4. The fourth-order valence-electron chi connectivity index (χ4n) is 2.56. The van der Waals surface area contributed by atoms with Gasteiger partial charge in [0.05, 0.1) is 26.5 Å². The van der Waals surface area contributed by atoms with E-state index in [1.807, 2.05) is 0 Å². The summed E-state index contributed by atoms with van der Waals surface area (Å²) in [4.78, 5) is 12.4. The number of hydrogen-bond donors (Lipinski definition) is 2. The van der Waals surface area contributed by atoms with Crippen LogP contribution < -0.4 is 14.8 Å². The van der Waals surface area contributed by atoms with Gasteiger partial charge in [0.25, 0.3) is 0 Å². The van der Waals surface area contributed by atoms with Crippen LogP contribution in [0.1, 0.15) is 12.0 Å². The van der Waals surface area contributed by atoms with Crippen molar-refractivity contribution in [1.29, 1.82) is 0 Å². The number of amides is 2. The third kappa shape index (κ3) is 3.65. The first-order valence-corrected chi connectivity index (χ1v) is 7.78. The highest BCUT2D eigenvalue weighted by molar-refractivity contribution is 6.03. The van der Waals surface area contributed by atoms with Crippen LogP contribution in [0.5, 0.6) is 17.2 Å². The Morgan fingerprint density at radius 1 is 1.12 bits per heavy atom. The van der Waals surface area contributed by atoms with Gasteiger partial charge < -0.3 is 19.9 Å². The number of aromatic hydroxyl groups is 1. The van der Waals surface area contributed by atoms with Gasteiger partial charge in [0, 0.05) is 18.2 Å². The zero-order valence-corrected chi connectivity index (χ0v) is 14.0. The molecule has 0 aliphatic carbocycles. The first-order chi connectivity index (χ1) is 12.1. The van der Waals surface area contributed by atoms with E-state index >= 15 is 0 Å². The highest BCUT2D eigenvalue weighted by Gasteiger charge is 2.22. The van der Waals surface area contributed by atoms with Crippen molar-refractivity contribution in [2.24, 2.45) is 5.10 Å². The van der Waals surface area contributed by atoms with Crippen LogP contribution in [0.15, 0.2) is 47.6 Å². The Balaban J connectivity index is 1.71. The third-order valence-electron chi connectivity index (χ3n) is 3.87. The molecule has 0 unspecified atom stereocenters. The van der Waals surface area contributed by atoms with Crippen LogP contribution in [-0.4, -0.2) is 42.6 Å². The van der Waals surface area contributed by atoms with Gasteiger partial charge in [-0.05, 0) is 42.0 Å². The molecular formula is C18H19N3O4. The second kappa shape index (κ2) is 7.12. The second-order valence-electron chi connectivity index (χ2n) is 5.47. The lowest BCUT2D eigenvalue weighted by Gasteiger charge is -2.14. The molecule has 0 atom stereocenters. The van der Waals surface area contributed by atoms with Gasteiger partial charge in [0.1, 0.15) is 5.75 Å². The van der Waals surface area contributed by atoms with E-state index in [0.717, 1.165) is 11.3 Å². The average molecular weight is 341 g/mol. The summed E-state index contributed by atoms with van der Waals surface area (Å²) in [6.45, 7) is 0.495. The third-order valence-corrected chi connectivity index (χ3v) is 3.87. The van der Waals surface area contributed by atoms with Crippen molar-refractivity contribution in [3.8, 4) is 17.2 Å². The number of hydrazone groups is 1. The maximum Gasteiger partial charge on any atom is 0.342 e. The fourth-order valence-corrected chi connectivity index (χ4v) is 2.56. The number of rotatable bonds is 4. The molecule has 0 saturated heterocycles. The van der Waals surface area contributed by atoms with Crippen molar-refractivity contribution in [1.82, 2.24) is 5.01 Å². The lowest BCUT2D eigenvalue weighted by molar-refractivity contribution is 0.219. The lowest BCUT2D eigenvalue weighted by Crippen LogP contribution is -2.28. The maximum absolute atomic E-state index is 12.4. The van der Waals surface area contributed by atoms with Gasteiger partial charge in [-0.2, -0.15) is 5.10 Å². The molecule has 2 aromatic rings. The monoisotopic (exact) mass is 341 g/mol. The maximum atomic E-state index is 12.4. The summed E-state index contributed by atoms with van der Waals surface area (Å²) in [5.74, 6) is 1.33. The minimum Gasteiger partial charge on any atom is -0.508 e. The number of nitrogens with zero attached hydrogens (tertiary/aromatic N) is 2. The lowest BCUT2D eigenvalue weighted by atomic mass is 10.1. The van der Waals surface area contributed by atoms with Gasteiger partial charge in [0.2, 0.25) is 0 Å². The van der Waals surface area contributed by atoms with E-state index in [4.69, 9.17) is 9.47 Å². The Morgan fingerprint density at radius 2 is 1.84 bits per heavy atom. The predicted octanol–water partition coefficient (Wildman–Crippen LogP) is 3.05. The topological polar surface area (TPSA) is 83.4 Å². The SMILES string of the molecule is COc1ccc(NC(=O)N2CCC(c3ccc(O)cc3)=N2)cc1OC. The van der Waals surface area contributed by atoms with Gasteiger partial charge in [-0.15, -0.1) is 0 Å². The molecule has 1 aliphatic heterocycles. The number of hydrogen-bond acceptors (Lipinski definition) is 5. The average Bonchev–Trinajstić information content (AvgIpc) is 3.12. The van der Waals surface area contributed by atoms with Crippen LogP contribution in [0.4, 0.5) is 10.5 Å². The molecule has 0 spiro atoms. The molecule has 2 aromatic carbocycles. The molecule has 2 amide bonds. The normalized spacial score (nSPS) is 13.4. The van der Waals surface area contributed by atoms with Crippen LogP contribution in [0, 0.1) is 0 Å². The van der Waals surface area contributed by atoms with Crippen molar-refractivity contribution in [2.75, 3.05) is 26.1 Å². The number of benzene rings is 2. The molecule has 2 N–H and O–H groups in total. The van der Waals surface area contributed by atoms with Crippen molar-refractivity contribution in [3.63, 3.8) is 0 Å². The molecule has 0 radical (unpaired) electrons. The number of methoxy groups -OCH3 is 2. The summed E-state index contributed by atoms with van der Waals surface area (Å²) in [6, 6.07) is 11.6. The number of anilines is 1. The molecular weight excluding hydrogens is 322 g/mol. The molecule has 25 heavy (non-hydrogen) atoms. The molecule has 0 bridgehead atoms. The molecule has 0 fully saturated rings. The Hall–Kier alpha value is -3.22. The van der Waals surface area contributed by atoms with E-state index in [1.54, 1.807) is 49.6 Å². The predicted molar refractivity (Wildman–Crippen MR) is 94.5 cm³/mol. The highest BCUT2D eigenvalue weighted by Crippen LogP contribution is 2.30. The minimum atomic E-state index is -0.319. The van der Waals surface area contributed by atoms with Gasteiger partial charge in [-0.1, -0.05) is 0 Å². The van der Waals surface area contributed by atoms with Crippen LogP contribution in [0.25, 0.3) is 0 Å². The summed E-state index contributed by atoms with van der Waals surface area (Å²) >= 11 is 0. The number of urea groups is 1. The van der Waals surface area contributed by atoms with Gasteiger partial charge in [-0.25, -0.2) is 9.80 Å². The van der Waals surface area contributed by atoms with E-state index < -0.39 is 0 Å². The molecule has 7 heteroatoms. The summed E-state index contributed by atoms with van der Waals surface area (Å²) in [7, 11) is 3.10. The van der Waals surface area contributed by atoms with Crippen molar-refractivity contribution >= 4 is 17.4 Å². The van der Waals surface area contributed by atoms with E-state index in [2.05, 4.69) is 10.4 Å². The van der Waals surface area contributed by atoms with Gasteiger partial charge >= 0.3 is 6.03 Å². The molecule has 1 aliphatic rings. The van der Waals surface area contributed by atoms with Crippen molar-refractivity contribution < 1.29 is 19.4 Å². The van der Waals surface area contributed by atoms with Crippen molar-refractivity contribution in [3.05, 3.63) is 48.0 Å². The van der Waals surface area contributed by atoms with Gasteiger partial charge in [-0.3, -0.25) is 0 Å². The first-order valence-electron chi connectivity index (χ1n) is 7.78. The standard InChI is InChI=1S/C18H19N3O4/c1-24-16-8-5-13(11-17(16)25-2)19-18(23)21-10-9-15(20-21)12-3-6-14(22)7-4-12/h3-8,11,22H,9-10H2,1-2H3,(H,19,23). The van der Waals surface area contributed by atoms with Crippen molar-refractivity contribution in [2.45, 2.75) is 6.42 Å². The zero-order valence-electron chi connectivity index (χ0n) is 14.0. The first kappa shape index (κ1) is 16.6. The summed E-state index contributed by atoms with van der Waals surface area (Å²) in [6.07, 6.45) is 0.657.